The average molecular weight is 370 g/mol. The van der Waals surface area contributed by atoms with Crippen LogP contribution in [-0.4, -0.2) is 21.6 Å². The molecular weight excluding hydrogens is 348 g/mol. The van der Waals surface area contributed by atoms with Crippen molar-refractivity contribution in [2.24, 2.45) is 0 Å². The van der Waals surface area contributed by atoms with Gasteiger partial charge in [-0.05, 0) is 45.7 Å². The number of aromatic nitrogens is 2. The number of hydrogen-bond donors (Lipinski definition) is 0. The molecule has 1 aromatic carbocycles. The predicted octanol–water partition coefficient (Wildman–Crippen LogP) is 4.25. The topological polar surface area (TPSA) is 61.2 Å². The standard InChI is InChI=1S/C20H22N2O3S/c1-11(2)25-20(24)14(5)22-10-21-18-17(19(22)23)16(9-26-18)15-7-6-12(3)8-13(15)4/h6-11,14H,1-5H3. The van der Waals surface area contributed by atoms with Crippen LogP contribution in [0.4, 0.5) is 0 Å². The molecule has 6 heteroatoms. The summed E-state index contributed by atoms with van der Waals surface area (Å²) in [6.07, 6.45) is 1.20. The number of fused-ring (bicyclic) bond motifs is 1. The molecule has 3 rings (SSSR count). The van der Waals surface area contributed by atoms with Gasteiger partial charge in [-0.1, -0.05) is 23.8 Å². The van der Waals surface area contributed by atoms with Crippen molar-refractivity contribution in [2.75, 3.05) is 0 Å². The first-order chi connectivity index (χ1) is 12.3. The zero-order valence-corrected chi connectivity index (χ0v) is 16.4. The van der Waals surface area contributed by atoms with E-state index in [1.165, 1.54) is 27.8 Å². The molecule has 0 saturated heterocycles. The zero-order valence-electron chi connectivity index (χ0n) is 15.6. The van der Waals surface area contributed by atoms with Crippen LogP contribution in [0, 0.1) is 13.8 Å². The maximum atomic E-state index is 13.1. The summed E-state index contributed by atoms with van der Waals surface area (Å²) in [6, 6.07) is 5.42. The molecule has 0 N–H and O–H groups in total. The largest absolute Gasteiger partial charge is 0.461 e. The molecule has 0 aliphatic heterocycles. The quantitative estimate of drug-likeness (QED) is 0.644. The third kappa shape index (κ3) is 3.29. The van der Waals surface area contributed by atoms with Gasteiger partial charge in [0.2, 0.25) is 0 Å². The number of esters is 1. The highest BCUT2D eigenvalue weighted by Gasteiger charge is 2.22. The molecule has 1 atom stereocenters. The number of carbonyl (C=O) groups excluding carboxylic acids is 1. The highest BCUT2D eigenvalue weighted by atomic mass is 32.1. The molecule has 3 aromatic rings. The molecule has 0 amide bonds. The second-order valence-electron chi connectivity index (χ2n) is 6.77. The zero-order chi connectivity index (χ0) is 19.0. The van der Waals surface area contributed by atoms with Gasteiger partial charge in [0.15, 0.2) is 0 Å². The fourth-order valence-corrected chi connectivity index (χ4v) is 3.88. The van der Waals surface area contributed by atoms with E-state index in [2.05, 4.69) is 11.1 Å². The summed E-state index contributed by atoms with van der Waals surface area (Å²) < 4.78 is 6.59. The van der Waals surface area contributed by atoms with Crippen molar-refractivity contribution in [3.8, 4) is 11.1 Å². The number of thiophene rings is 1. The molecule has 0 aliphatic rings. The first-order valence-electron chi connectivity index (χ1n) is 8.56. The third-order valence-corrected chi connectivity index (χ3v) is 5.19. The van der Waals surface area contributed by atoms with E-state index in [4.69, 9.17) is 4.74 Å². The van der Waals surface area contributed by atoms with E-state index >= 15 is 0 Å². The van der Waals surface area contributed by atoms with Crippen molar-refractivity contribution in [3.63, 3.8) is 0 Å². The second kappa shape index (κ2) is 7.03. The lowest BCUT2D eigenvalue weighted by Gasteiger charge is -2.16. The van der Waals surface area contributed by atoms with Crippen molar-refractivity contribution in [3.05, 3.63) is 51.4 Å². The first kappa shape index (κ1) is 18.3. The number of benzene rings is 1. The van der Waals surface area contributed by atoms with E-state index < -0.39 is 12.0 Å². The predicted molar refractivity (Wildman–Crippen MR) is 105 cm³/mol. The normalized spacial score (nSPS) is 12.5. The highest BCUT2D eigenvalue weighted by molar-refractivity contribution is 7.17. The van der Waals surface area contributed by atoms with Gasteiger partial charge in [0.25, 0.3) is 5.56 Å². The van der Waals surface area contributed by atoms with Gasteiger partial charge in [0.05, 0.1) is 17.8 Å². The summed E-state index contributed by atoms with van der Waals surface area (Å²) in [6.45, 7) is 9.29. The Morgan fingerprint density at radius 2 is 1.92 bits per heavy atom. The fourth-order valence-electron chi connectivity index (χ4n) is 2.98. The lowest BCUT2D eigenvalue weighted by atomic mass is 9.99. The molecule has 0 bridgehead atoms. The van der Waals surface area contributed by atoms with Gasteiger partial charge in [-0.25, -0.2) is 9.78 Å². The van der Waals surface area contributed by atoms with Crippen molar-refractivity contribution in [2.45, 2.75) is 46.8 Å². The molecule has 5 nitrogen and oxygen atoms in total. The minimum atomic E-state index is -0.728. The monoisotopic (exact) mass is 370 g/mol. The van der Waals surface area contributed by atoms with E-state index in [1.54, 1.807) is 20.8 Å². The first-order valence-corrected chi connectivity index (χ1v) is 9.44. The highest BCUT2D eigenvalue weighted by Crippen LogP contribution is 2.33. The molecule has 0 saturated carbocycles. The van der Waals surface area contributed by atoms with E-state index in [0.717, 1.165) is 16.7 Å². The Kier molecular flexibility index (Phi) is 4.96. The van der Waals surface area contributed by atoms with Crippen molar-refractivity contribution in [1.29, 1.82) is 0 Å². The Balaban J connectivity index is 2.14. The lowest BCUT2D eigenvalue weighted by molar-refractivity contribution is -0.151. The third-order valence-electron chi connectivity index (χ3n) is 4.30. The Morgan fingerprint density at radius 1 is 1.19 bits per heavy atom. The maximum absolute atomic E-state index is 13.1. The van der Waals surface area contributed by atoms with Gasteiger partial charge >= 0.3 is 5.97 Å². The minimum absolute atomic E-state index is 0.223. The van der Waals surface area contributed by atoms with Crippen molar-refractivity contribution >= 4 is 27.5 Å². The van der Waals surface area contributed by atoms with E-state index in [1.807, 2.05) is 31.4 Å². The Bertz CT molecular complexity index is 1030. The summed E-state index contributed by atoms with van der Waals surface area (Å²) in [4.78, 5) is 30.4. The van der Waals surface area contributed by atoms with E-state index in [-0.39, 0.29) is 11.7 Å². The van der Waals surface area contributed by atoms with Gasteiger partial charge in [-0.3, -0.25) is 9.36 Å². The Morgan fingerprint density at radius 3 is 2.58 bits per heavy atom. The SMILES string of the molecule is Cc1ccc(-c2csc3ncn(C(C)C(=O)OC(C)C)c(=O)c23)c(C)c1. The van der Waals surface area contributed by atoms with Crippen LogP contribution in [0.1, 0.15) is 37.9 Å². The number of nitrogens with zero attached hydrogens (tertiary/aromatic N) is 2. The van der Waals surface area contributed by atoms with Gasteiger partial charge in [-0.15, -0.1) is 11.3 Å². The van der Waals surface area contributed by atoms with Crippen LogP contribution >= 0.6 is 11.3 Å². The molecule has 0 spiro atoms. The number of rotatable bonds is 4. The maximum Gasteiger partial charge on any atom is 0.329 e. The summed E-state index contributed by atoms with van der Waals surface area (Å²) in [5.41, 5.74) is 3.92. The summed E-state index contributed by atoms with van der Waals surface area (Å²) >= 11 is 1.43. The summed E-state index contributed by atoms with van der Waals surface area (Å²) in [7, 11) is 0. The van der Waals surface area contributed by atoms with Crippen LogP contribution in [-0.2, 0) is 9.53 Å². The Labute approximate surface area is 156 Å². The van der Waals surface area contributed by atoms with Crippen LogP contribution in [0.25, 0.3) is 21.3 Å². The van der Waals surface area contributed by atoms with Crippen LogP contribution in [0.3, 0.4) is 0 Å². The van der Waals surface area contributed by atoms with Crippen LogP contribution in [0.5, 0.6) is 0 Å². The van der Waals surface area contributed by atoms with E-state index in [0.29, 0.717) is 10.2 Å². The lowest BCUT2D eigenvalue weighted by Crippen LogP contribution is -2.30. The number of hydrogen-bond acceptors (Lipinski definition) is 5. The number of carbonyl (C=O) groups is 1. The molecule has 26 heavy (non-hydrogen) atoms. The number of aryl methyl sites for hydroxylation is 2. The molecule has 2 aromatic heterocycles. The minimum Gasteiger partial charge on any atom is -0.461 e. The molecule has 136 valence electrons. The fraction of sp³-hybridized carbons (Fsp3) is 0.350. The molecular formula is C20H22N2O3S. The smallest absolute Gasteiger partial charge is 0.329 e. The molecule has 0 fully saturated rings. The van der Waals surface area contributed by atoms with Gasteiger partial charge < -0.3 is 4.74 Å². The Hall–Kier alpha value is -2.47. The molecule has 0 radical (unpaired) electrons. The van der Waals surface area contributed by atoms with Gasteiger partial charge in [0, 0.05) is 10.9 Å². The molecule has 1 unspecified atom stereocenters. The van der Waals surface area contributed by atoms with Crippen LogP contribution in [0.2, 0.25) is 0 Å². The van der Waals surface area contributed by atoms with Crippen molar-refractivity contribution < 1.29 is 9.53 Å². The average Bonchev–Trinajstić information content (AvgIpc) is 2.98. The summed E-state index contributed by atoms with van der Waals surface area (Å²) in [5, 5.41) is 2.51. The van der Waals surface area contributed by atoms with Crippen LogP contribution < -0.4 is 5.56 Å². The van der Waals surface area contributed by atoms with E-state index in [9.17, 15) is 9.59 Å². The summed E-state index contributed by atoms with van der Waals surface area (Å²) in [5.74, 6) is -0.438. The molecule has 0 aliphatic carbocycles. The van der Waals surface area contributed by atoms with Gasteiger partial charge in [0.1, 0.15) is 10.9 Å². The second-order valence-corrected chi connectivity index (χ2v) is 7.62. The number of ether oxygens (including phenoxy) is 1. The van der Waals surface area contributed by atoms with Gasteiger partial charge in [-0.2, -0.15) is 0 Å². The molecule has 2 heterocycles. The van der Waals surface area contributed by atoms with Crippen molar-refractivity contribution in [1.82, 2.24) is 9.55 Å². The van der Waals surface area contributed by atoms with Crippen LogP contribution in [0.15, 0.2) is 34.7 Å².